The van der Waals surface area contributed by atoms with E-state index in [9.17, 15) is 0 Å². The lowest BCUT2D eigenvalue weighted by atomic mass is 9.87. The van der Waals surface area contributed by atoms with Crippen LogP contribution in [0.2, 0.25) is 0 Å². The first-order valence-electron chi connectivity index (χ1n) is 6.39. The second kappa shape index (κ2) is 8.21. The van der Waals surface area contributed by atoms with E-state index in [1.54, 1.807) is 0 Å². The van der Waals surface area contributed by atoms with Gasteiger partial charge in [0.05, 0.1) is 0 Å². The molecule has 1 nitrogen and oxygen atoms in total. The lowest BCUT2D eigenvalue weighted by Crippen LogP contribution is -2.10. The maximum absolute atomic E-state index is 6.50. The van der Waals surface area contributed by atoms with Crippen molar-refractivity contribution in [1.29, 1.82) is 5.26 Å². The quantitative estimate of drug-likeness (QED) is 0.692. The van der Waals surface area contributed by atoms with Crippen LogP contribution >= 0.6 is 11.8 Å². The third-order valence-corrected chi connectivity index (χ3v) is 3.69. The molecule has 100 valence electrons. The number of hydrogen-bond acceptors (Lipinski definition) is 2. The Morgan fingerprint density at radius 3 is 2.33 bits per heavy atom. The van der Waals surface area contributed by atoms with Gasteiger partial charge in [-0.25, -0.2) is 5.26 Å². The lowest BCUT2D eigenvalue weighted by molar-refractivity contribution is 0.588. The van der Waals surface area contributed by atoms with Crippen LogP contribution in [0.4, 0.5) is 0 Å². The van der Waals surface area contributed by atoms with E-state index in [0.29, 0.717) is 0 Å². The van der Waals surface area contributed by atoms with Gasteiger partial charge in [-0.05, 0) is 41.2 Å². The Bertz CT molecular complexity index is 361. The summed E-state index contributed by atoms with van der Waals surface area (Å²) in [5.74, 6) is 2.03. The standard InChI is InChI=1S/C15H24S.CHN/c1-12(2)9-10-16-14-8-6-7-13(11-14)15(3,4)5;1-2/h6-8,11-12H,9-10H2,1-5H3;1H. The summed E-state index contributed by atoms with van der Waals surface area (Å²) in [6.07, 6.45) is 1.30. The summed E-state index contributed by atoms with van der Waals surface area (Å²) in [5, 5.41) is 6.50. The van der Waals surface area contributed by atoms with Crippen LogP contribution in [-0.4, -0.2) is 5.75 Å². The van der Waals surface area contributed by atoms with Gasteiger partial charge in [-0.3, -0.25) is 0 Å². The van der Waals surface area contributed by atoms with Gasteiger partial charge in [0.1, 0.15) is 0 Å². The molecule has 18 heavy (non-hydrogen) atoms. The predicted molar refractivity (Wildman–Crippen MR) is 82.0 cm³/mol. The molecule has 0 aromatic heterocycles. The lowest BCUT2D eigenvalue weighted by Gasteiger charge is -2.19. The van der Waals surface area contributed by atoms with Crippen molar-refractivity contribution in [1.82, 2.24) is 0 Å². The molecule has 0 aliphatic carbocycles. The zero-order chi connectivity index (χ0) is 14.2. The molecule has 0 fully saturated rings. The number of thioether (sulfide) groups is 1. The SMILES string of the molecule is C#N.CC(C)CCSc1cccc(C(C)(C)C)c1. The van der Waals surface area contributed by atoms with Crippen molar-refractivity contribution in [3.8, 4) is 6.57 Å². The second-order valence-electron chi connectivity index (χ2n) is 5.81. The van der Waals surface area contributed by atoms with Crippen molar-refractivity contribution in [2.75, 3.05) is 5.75 Å². The van der Waals surface area contributed by atoms with Gasteiger partial charge in [0.2, 0.25) is 0 Å². The van der Waals surface area contributed by atoms with Gasteiger partial charge in [-0.2, -0.15) is 0 Å². The Hall–Kier alpha value is -0.940. The normalized spacial score (nSPS) is 10.9. The third-order valence-electron chi connectivity index (χ3n) is 2.66. The minimum Gasteiger partial charge on any atom is -0.202 e. The highest BCUT2D eigenvalue weighted by Crippen LogP contribution is 2.27. The maximum Gasteiger partial charge on any atom is 0.0462 e. The van der Waals surface area contributed by atoms with Crippen LogP contribution in [0, 0.1) is 17.8 Å². The van der Waals surface area contributed by atoms with Gasteiger partial charge in [-0.1, -0.05) is 46.8 Å². The van der Waals surface area contributed by atoms with Crippen LogP contribution in [0.5, 0.6) is 0 Å². The smallest absolute Gasteiger partial charge is 0.0462 e. The summed E-state index contributed by atoms with van der Waals surface area (Å²) < 4.78 is 0. The summed E-state index contributed by atoms with van der Waals surface area (Å²) in [6, 6.07) is 8.97. The summed E-state index contributed by atoms with van der Waals surface area (Å²) >= 11 is 1.98. The van der Waals surface area contributed by atoms with E-state index in [2.05, 4.69) is 65.5 Å². The molecule has 0 saturated carbocycles. The first kappa shape index (κ1) is 17.1. The Kier molecular flexibility index (Phi) is 7.78. The van der Waals surface area contributed by atoms with Crippen LogP contribution in [0.3, 0.4) is 0 Å². The predicted octanol–water partition coefficient (Wildman–Crippen LogP) is 5.26. The highest BCUT2D eigenvalue weighted by atomic mass is 32.2. The fraction of sp³-hybridized carbons (Fsp3) is 0.562. The molecule has 0 N–H and O–H groups in total. The zero-order valence-electron chi connectivity index (χ0n) is 12.2. The molecule has 1 aromatic rings. The van der Waals surface area contributed by atoms with Crippen molar-refractivity contribution < 1.29 is 0 Å². The van der Waals surface area contributed by atoms with Crippen molar-refractivity contribution in [2.24, 2.45) is 5.92 Å². The van der Waals surface area contributed by atoms with E-state index >= 15 is 0 Å². The van der Waals surface area contributed by atoms with Gasteiger partial charge in [0.25, 0.3) is 0 Å². The van der Waals surface area contributed by atoms with Crippen molar-refractivity contribution in [2.45, 2.75) is 51.3 Å². The molecule has 0 aliphatic rings. The van der Waals surface area contributed by atoms with Gasteiger partial charge < -0.3 is 0 Å². The number of nitrogens with zero attached hydrogens (tertiary/aromatic N) is 1. The first-order valence-corrected chi connectivity index (χ1v) is 7.37. The van der Waals surface area contributed by atoms with Gasteiger partial charge in [-0.15, -0.1) is 11.8 Å². The number of hydrogen-bond donors (Lipinski definition) is 0. The monoisotopic (exact) mass is 263 g/mol. The molecule has 1 aromatic carbocycles. The Balaban J connectivity index is 0.00000137. The van der Waals surface area contributed by atoms with E-state index in [1.165, 1.54) is 22.6 Å². The highest BCUT2D eigenvalue weighted by Gasteiger charge is 2.13. The molecule has 0 unspecified atom stereocenters. The molecular weight excluding hydrogens is 238 g/mol. The third kappa shape index (κ3) is 6.71. The van der Waals surface area contributed by atoms with E-state index in [-0.39, 0.29) is 5.41 Å². The minimum absolute atomic E-state index is 0.259. The van der Waals surface area contributed by atoms with E-state index in [4.69, 9.17) is 5.26 Å². The molecular formula is C16H25NS. The van der Waals surface area contributed by atoms with Crippen molar-refractivity contribution in [3.63, 3.8) is 0 Å². The molecule has 0 saturated heterocycles. The van der Waals surface area contributed by atoms with Gasteiger partial charge >= 0.3 is 0 Å². The first-order chi connectivity index (χ1) is 8.39. The molecule has 0 heterocycles. The Morgan fingerprint density at radius 1 is 1.22 bits per heavy atom. The largest absolute Gasteiger partial charge is 0.202 e. The zero-order valence-corrected chi connectivity index (χ0v) is 13.1. The average Bonchev–Trinajstić information content (AvgIpc) is 2.30. The average molecular weight is 263 g/mol. The number of nitriles is 1. The van der Waals surface area contributed by atoms with Crippen LogP contribution < -0.4 is 0 Å². The number of benzene rings is 1. The van der Waals surface area contributed by atoms with E-state index in [0.717, 1.165) is 5.92 Å². The maximum atomic E-state index is 6.50. The van der Waals surface area contributed by atoms with Crippen LogP contribution in [0.1, 0.15) is 46.6 Å². The summed E-state index contributed by atoms with van der Waals surface area (Å²) in [5.41, 5.74) is 1.69. The minimum atomic E-state index is 0.259. The molecule has 0 amide bonds. The molecule has 1 rings (SSSR count). The molecule has 0 atom stereocenters. The van der Waals surface area contributed by atoms with Crippen LogP contribution in [0.25, 0.3) is 0 Å². The molecule has 0 spiro atoms. The summed E-state index contributed by atoms with van der Waals surface area (Å²) in [6.45, 7) is 14.9. The van der Waals surface area contributed by atoms with Gasteiger partial charge in [0, 0.05) is 11.5 Å². The second-order valence-corrected chi connectivity index (χ2v) is 6.98. The van der Waals surface area contributed by atoms with E-state index < -0.39 is 0 Å². The van der Waals surface area contributed by atoms with Gasteiger partial charge in [0.15, 0.2) is 0 Å². The Labute approximate surface area is 117 Å². The van der Waals surface area contributed by atoms with E-state index in [1.807, 2.05) is 11.8 Å². The number of rotatable bonds is 4. The van der Waals surface area contributed by atoms with Crippen LogP contribution in [-0.2, 0) is 5.41 Å². The Morgan fingerprint density at radius 2 is 1.83 bits per heavy atom. The van der Waals surface area contributed by atoms with Crippen LogP contribution in [0.15, 0.2) is 29.2 Å². The molecule has 2 heteroatoms. The van der Waals surface area contributed by atoms with Crippen molar-refractivity contribution >= 4 is 11.8 Å². The molecule has 0 radical (unpaired) electrons. The summed E-state index contributed by atoms with van der Waals surface area (Å²) in [7, 11) is 0. The van der Waals surface area contributed by atoms with Crippen molar-refractivity contribution in [3.05, 3.63) is 29.8 Å². The summed E-state index contributed by atoms with van der Waals surface area (Å²) in [4.78, 5) is 1.41. The topological polar surface area (TPSA) is 23.8 Å². The fourth-order valence-corrected chi connectivity index (χ4v) is 2.67. The fourth-order valence-electron chi connectivity index (χ4n) is 1.46. The molecule has 0 aliphatic heterocycles. The highest BCUT2D eigenvalue weighted by molar-refractivity contribution is 7.99. The molecule has 0 bridgehead atoms.